The molecular formula is C30H41N3O2. The zero-order valence-electron chi connectivity index (χ0n) is 21.8. The Morgan fingerprint density at radius 1 is 1.11 bits per heavy atom. The smallest absolute Gasteiger partial charge is 0.414 e. The van der Waals surface area contributed by atoms with Crippen molar-refractivity contribution in [2.75, 3.05) is 12.0 Å². The summed E-state index contributed by atoms with van der Waals surface area (Å²) in [6.45, 7) is 6.78. The molecule has 1 N–H and O–H groups in total. The van der Waals surface area contributed by atoms with Crippen LogP contribution < -0.4 is 4.90 Å². The maximum atomic E-state index is 12.2. The van der Waals surface area contributed by atoms with E-state index in [0.29, 0.717) is 0 Å². The van der Waals surface area contributed by atoms with Crippen LogP contribution in [0.4, 0.5) is 10.5 Å². The fourth-order valence-corrected chi connectivity index (χ4v) is 5.65. The van der Waals surface area contributed by atoms with Gasteiger partial charge in [-0.05, 0) is 49.3 Å². The summed E-state index contributed by atoms with van der Waals surface area (Å²) < 4.78 is 4.97. The van der Waals surface area contributed by atoms with Crippen LogP contribution >= 0.6 is 0 Å². The summed E-state index contributed by atoms with van der Waals surface area (Å²) in [4.78, 5) is 22.2. The van der Waals surface area contributed by atoms with Crippen molar-refractivity contribution in [2.45, 2.75) is 84.6 Å². The number of aromatic nitrogens is 2. The van der Waals surface area contributed by atoms with Crippen molar-refractivity contribution in [1.29, 1.82) is 0 Å². The van der Waals surface area contributed by atoms with Crippen LogP contribution in [0.1, 0.15) is 82.7 Å². The van der Waals surface area contributed by atoms with Gasteiger partial charge in [-0.25, -0.2) is 9.78 Å². The molecule has 1 aliphatic heterocycles. The van der Waals surface area contributed by atoms with E-state index in [1.54, 1.807) is 4.90 Å². The van der Waals surface area contributed by atoms with Gasteiger partial charge < -0.3 is 9.72 Å². The van der Waals surface area contributed by atoms with Gasteiger partial charge in [0.2, 0.25) is 0 Å². The highest BCUT2D eigenvalue weighted by atomic mass is 16.5. The monoisotopic (exact) mass is 475 g/mol. The van der Waals surface area contributed by atoms with E-state index in [1.165, 1.54) is 51.2 Å². The fraction of sp³-hybridized carbons (Fsp3) is 0.533. The molecular weight excluding hydrogens is 434 g/mol. The van der Waals surface area contributed by atoms with Gasteiger partial charge in [-0.2, -0.15) is 0 Å². The van der Waals surface area contributed by atoms with Crippen LogP contribution in [0, 0.1) is 11.8 Å². The van der Waals surface area contributed by atoms with Crippen molar-refractivity contribution in [1.82, 2.24) is 9.97 Å². The lowest BCUT2D eigenvalue weighted by Crippen LogP contribution is -2.42. The summed E-state index contributed by atoms with van der Waals surface area (Å²) in [5.41, 5.74) is 5.24. The summed E-state index contributed by atoms with van der Waals surface area (Å²) >= 11 is 0. The molecule has 0 saturated heterocycles. The molecule has 0 spiro atoms. The first kappa shape index (κ1) is 25.3. The van der Waals surface area contributed by atoms with E-state index in [0.717, 1.165) is 59.2 Å². The number of anilines is 1. The lowest BCUT2D eigenvalue weighted by atomic mass is 9.80. The van der Waals surface area contributed by atoms with Crippen molar-refractivity contribution in [3.63, 3.8) is 0 Å². The third-order valence-corrected chi connectivity index (χ3v) is 7.98. The number of ether oxygens (including phenoxy) is 1. The summed E-state index contributed by atoms with van der Waals surface area (Å²) in [7, 11) is 1.42. The van der Waals surface area contributed by atoms with Gasteiger partial charge in [-0.15, -0.1) is 0 Å². The average molecular weight is 476 g/mol. The summed E-state index contributed by atoms with van der Waals surface area (Å²) in [6.07, 6.45) is 11.2. The number of aromatic amines is 1. The Labute approximate surface area is 210 Å². The normalized spacial score (nSPS) is 19.0. The topological polar surface area (TPSA) is 58.2 Å². The zero-order valence-corrected chi connectivity index (χ0v) is 21.8. The Hall–Kier alpha value is -2.82. The summed E-state index contributed by atoms with van der Waals surface area (Å²) in [5.74, 6) is 3.00. The van der Waals surface area contributed by atoms with Crippen molar-refractivity contribution < 1.29 is 9.53 Å². The zero-order chi connectivity index (χ0) is 24.8. The van der Waals surface area contributed by atoms with Crippen LogP contribution in [-0.2, 0) is 17.6 Å². The highest BCUT2D eigenvalue weighted by Gasteiger charge is 2.30. The number of rotatable bonds is 4. The Morgan fingerprint density at radius 3 is 2.54 bits per heavy atom. The van der Waals surface area contributed by atoms with Crippen molar-refractivity contribution in [2.24, 2.45) is 11.8 Å². The molecule has 188 valence electrons. The average Bonchev–Trinajstić information content (AvgIpc) is 3.32. The molecule has 1 aliphatic carbocycles. The van der Waals surface area contributed by atoms with E-state index in [-0.39, 0.29) is 12.1 Å². The van der Waals surface area contributed by atoms with E-state index in [9.17, 15) is 4.79 Å². The Morgan fingerprint density at radius 2 is 1.86 bits per heavy atom. The molecule has 1 saturated carbocycles. The van der Waals surface area contributed by atoms with E-state index in [4.69, 9.17) is 9.72 Å². The van der Waals surface area contributed by atoms with Gasteiger partial charge in [-0.1, -0.05) is 82.7 Å². The van der Waals surface area contributed by atoms with Gasteiger partial charge in [0.15, 0.2) is 0 Å². The Kier molecular flexibility index (Phi) is 8.48. The number of H-pyrrole nitrogens is 1. The first-order valence-electron chi connectivity index (χ1n) is 13.4. The van der Waals surface area contributed by atoms with Crippen LogP contribution in [0.15, 0.2) is 42.5 Å². The second-order valence-electron chi connectivity index (χ2n) is 10.3. The Bertz CT molecular complexity index is 1100. The quantitative estimate of drug-likeness (QED) is 0.421. The standard InChI is InChI=1S/C20H21N3O2.C10H20/c1-13-8-9-15-17(23(13)20(24)25-2)11-10-16-19(15)22-18(21-16)12-14-6-4-3-5-7-14;1-3-9(2)10-7-5-4-6-8-10/h3-7,10-11,13H,8-9,12H2,1-2H3,(H,21,22);9-10H,3-8H2,1-2H3/t13-;/m0./s1. The van der Waals surface area contributed by atoms with Gasteiger partial charge in [0.1, 0.15) is 5.82 Å². The van der Waals surface area contributed by atoms with Gasteiger partial charge in [0.05, 0.1) is 23.8 Å². The Balaban J connectivity index is 0.000000243. The highest BCUT2D eigenvalue weighted by molar-refractivity contribution is 5.95. The maximum Gasteiger partial charge on any atom is 0.414 e. The molecule has 1 amide bonds. The van der Waals surface area contributed by atoms with Gasteiger partial charge in [-0.3, -0.25) is 4.90 Å². The maximum absolute atomic E-state index is 12.2. The molecule has 2 aliphatic rings. The summed E-state index contributed by atoms with van der Waals surface area (Å²) in [5, 5.41) is 0. The SMILES string of the molecule is CCC(C)C1CCCCC1.COC(=O)N1c2ccc3[nH]c(Cc4ccccc4)nc3c2CC[C@@H]1C. The van der Waals surface area contributed by atoms with E-state index >= 15 is 0 Å². The number of fused-ring (bicyclic) bond motifs is 3. The number of hydrogen-bond donors (Lipinski definition) is 1. The van der Waals surface area contributed by atoms with Crippen LogP contribution in [-0.4, -0.2) is 29.2 Å². The number of carbonyl (C=O) groups excluding carboxylic acids is 1. The number of hydrogen-bond acceptors (Lipinski definition) is 3. The highest BCUT2D eigenvalue weighted by Crippen LogP contribution is 2.36. The molecule has 2 aromatic carbocycles. The van der Waals surface area contributed by atoms with E-state index in [1.807, 2.05) is 30.3 Å². The van der Waals surface area contributed by atoms with E-state index in [2.05, 4.69) is 37.9 Å². The molecule has 35 heavy (non-hydrogen) atoms. The molecule has 2 heterocycles. The van der Waals surface area contributed by atoms with Crippen LogP contribution in [0.5, 0.6) is 0 Å². The third kappa shape index (κ3) is 5.88. The molecule has 5 heteroatoms. The minimum absolute atomic E-state index is 0.125. The minimum Gasteiger partial charge on any atom is -0.452 e. The van der Waals surface area contributed by atoms with Gasteiger partial charge >= 0.3 is 6.09 Å². The first-order chi connectivity index (χ1) is 17.0. The number of amides is 1. The van der Waals surface area contributed by atoms with Crippen molar-refractivity contribution >= 4 is 22.8 Å². The number of benzene rings is 2. The van der Waals surface area contributed by atoms with Gasteiger partial charge in [0, 0.05) is 18.0 Å². The van der Waals surface area contributed by atoms with Gasteiger partial charge in [0.25, 0.3) is 0 Å². The van der Waals surface area contributed by atoms with Crippen LogP contribution in [0.3, 0.4) is 0 Å². The van der Waals surface area contributed by atoms with Crippen molar-refractivity contribution in [3.8, 4) is 0 Å². The molecule has 0 radical (unpaired) electrons. The van der Waals surface area contributed by atoms with Crippen molar-refractivity contribution in [3.05, 3.63) is 59.4 Å². The molecule has 1 unspecified atom stereocenters. The lowest BCUT2D eigenvalue weighted by molar-refractivity contribution is 0.175. The molecule has 0 bridgehead atoms. The minimum atomic E-state index is -0.312. The molecule has 1 fully saturated rings. The molecule has 3 aromatic rings. The number of imidazole rings is 1. The number of nitrogens with zero attached hydrogens (tertiary/aromatic N) is 2. The van der Waals surface area contributed by atoms with E-state index < -0.39 is 0 Å². The number of aryl methyl sites for hydroxylation is 1. The number of carbonyl (C=O) groups is 1. The first-order valence-corrected chi connectivity index (χ1v) is 13.4. The fourth-order valence-electron chi connectivity index (χ4n) is 5.65. The second kappa shape index (κ2) is 11.7. The van der Waals surface area contributed by atoms with Crippen LogP contribution in [0.25, 0.3) is 11.0 Å². The predicted octanol–water partition coefficient (Wildman–Crippen LogP) is 7.67. The predicted molar refractivity (Wildman–Crippen MR) is 144 cm³/mol. The molecule has 2 atom stereocenters. The molecule has 5 rings (SSSR count). The number of methoxy groups -OCH3 is 1. The largest absolute Gasteiger partial charge is 0.452 e. The second-order valence-corrected chi connectivity index (χ2v) is 10.3. The number of nitrogens with one attached hydrogen (secondary N) is 1. The lowest BCUT2D eigenvalue weighted by Gasteiger charge is -2.34. The molecule has 5 nitrogen and oxygen atoms in total. The molecule has 1 aromatic heterocycles. The third-order valence-electron chi connectivity index (χ3n) is 7.98. The summed E-state index contributed by atoms with van der Waals surface area (Å²) in [6, 6.07) is 14.4. The van der Waals surface area contributed by atoms with Crippen LogP contribution in [0.2, 0.25) is 0 Å².